The van der Waals surface area contributed by atoms with Crippen LogP contribution in [0.25, 0.3) is 110 Å². The van der Waals surface area contributed by atoms with Crippen LogP contribution in [0.15, 0.2) is 273 Å². The number of hydrogen-bond acceptors (Lipinski definition) is 1. The summed E-state index contributed by atoms with van der Waals surface area (Å²) in [5.41, 5.74) is 11.5. The second-order valence-electron chi connectivity index (χ2n) is 17.9. The Hall–Kier alpha value is -9.44. The largest absolute Gasteiger partial charge is 0.311 e. The van der Waals surface area contributed by atoms with Crippen molar-refractivity contribution in [2.24, 2.45) is 0 Å². The summed E-state index contributed by atoms with van der Waals surface area (Å²) in [6.07, 6.45) is 0. The van der Waals surface area contributed by atoms with Crippen LogP contribution >= 0.6 is 0 Å². The highest BCUT2D eigenvalue weighted by molar-refractivity contribution is 6.12. The fraction of sp³-hybridized carbons (Fsp3) is 0. The first-order valence-electron chi connectivity index (χ1n) is 28.6. The molecule has 14 aromatic rings. The van der Waals surface area contributed by atoms with E-state index < -0.39 is 60.4 Å². The number of aromatic nitrogens is 2. The molecule has 0 spiro atoms. The molecule has 14 rings (SSSR count). The Morgan fingerprint density at radius 1 is 0.268 bits per heavy atom. The molecule has 0 aliphatic carbocycles. The van der Waals surface area contributed by atoms with E-state index in [9.17, 15) is 0 Å². The van der Waals surface area contributed by atoms with Crippen LogP contribution in [-0.4, -0.2) is 9.13 Å². The lowest BCUT2D eigenvalue weighted by Crippen LogP contribution is -2.09. The van der Waals surface area contributed by atoms with Crippen molar-refractivity contribution < 1.29 is 13.7 Å². The zero-order valence-electron chi connectivity index (χ0n) is 48.0. The Kier molecular flexibility index (Phi) is 7.41. The number of fused-ring (bicyclic) bond motifs is 8. The zero-order chi connectivity index (χ0) is 55.5. The predicted molar refractivity (Wildman–Crippen MR) is 301 cm³/mol. The molecule has 71 heavy (non-hydrogen) atoms. The third-order valence-electron chi connectivity index (χ3n) is 13.8. The molecule has 0 unspecified atom stereocenters. The predicted octanol–water partition coefficient (Wildman–Crippen LogP) is 18.7. The van der Waals surface area contributed by atoms with Gasteiger partial charge >= 0.3 is 0 Å². The van der Waals surface area contributed by atoms with Crippen molar-refractivity contribution in [1.82, 2.24) is 9.13 Å². The van der Waals surface area contributed by atoms with Gasteiger partial charge in [0.15, 0.2) is 0 Å². The zero-order valence-corrected chi connectivity index (χ0v) is 38.0. The first-order valence-corrected chi connectivity index (χ1v) is 23.6. The maximum absolute atomic E-state index is 9.01. The van der Waals surface area contributed by atoms with Crippen molar-refractivity contribution in [3.05, 3.63) is 273 Å². The quantitative estimate of drug-likeness (QED) is 0.148. The lowest BCUT2D eigenvalue weighted by molar-refractivity contribution is 1.19. The highest BCUT2D eigenvalue weighted by Crippen LogP contribution is 2.42. The van der Waals surface area contributed by atoms with Gasteiger partial charge in [0.05, 0.1) is 35.8 Å². The average Bonchev–Trinajstić information content (AvgIpc) is 4.09. The fourth-order valence-electron chi connectivity index (χ4n) is 10.5. The average molecular weight is 914 g/mol. The molecule has 2 heterocycles. The van der Waals surface area contributed by atoms with Gasteiger partial charge in [-0.25, -0.2) is 0 Å². The molecule has 0 aliphatic rings. The van der Waals surface area contributed by atoms with E-state index in [0.717, 1.165) is 99.1 Å². The lowest BCUT2D eigenvalue weighted by Gasteiger charge is -2.25. The Morgan fingerprint density at radius 2 is 0.662 bits per heavy atom. The van der Waals surface area contributed by atoms with Crippen LogP contribution in [0.4, 0.5) is 17.1 Å². The van der Waals surface area contributed by atoms with Crippen LogP contribution < -0.4 is 4.90 Å². The van der Waals surface area contributed by atoms with Crippen LogP contribution in [0, 0.1) is 0 Å². The van der Waals surface area contributed by atoms with Crippen LogP contribution in [0.3, 0.4) is 0 Å². The summed E-state index contributed by atoms with van der Waals surface area (Å²) in [5.74, 6) is 0. The van der Waals surface area contributed by atoms with Crippen molar-refractivity contribution in [2.45, 2.75) is 0 Å². The third kappa shape index (κ3) is 6.97. The summed E-state index contributed by atoms with van der Waals surface area (Å²) in [6.45, 7) is 0. The summed E-state index contributed by atoms with van der Waals surface area (Å²) in [7, 11) is 0. The lowest BCUT2D eigenvalue weighted by atomic mass is 9.92. The van der Waals surface area contributed by atoms with Crippen molar-refractivity contribution in [2.75, 3.05) is 4.90 Å². The number of nitrogens with zero attached hydrogens (tertiary/aromatic N) is 3. The molecule has 0 amide bonds. The van der Waals surface area contributed by atoms with Crippen molar-refractivity contribution in [1.29, 1.82) is 0 Å². The molecule has 3 heteroatoms. The normalized spacial score (nSPS) is 13.6. The molecule has 3 nitrogen and oxygen atoms in total. The van der Waals surface area contributed by atoms with Gasteiger partial charge in [-0.1, -0.05) is 158 Å². The Bertz CT molecular complexity index is 4620. The molecule has 0 radical (unpaired) electrons. The Labute approximate surface area is 426 Å². The van der Waals surface area contributed by atoms with Crippen LogP contribution in [0.2, 0.25) is 0 Å². The molecule has 2 aromatic heterocycles. The minimum absolute atomic E-state index is 0.216. The molecule has 0 saturated heterocycles. The van der Waals surface area contributed by atoms with Gasteiger partial charge in [-0.2, -0.15) is 0 Å². The summed E-state index contributed by atoms with van der Waals surface area (Å²) < 4.78 is 91.7. The smallest absolute Gasteiger partial charge is 0.0645 e. The first kappa shape index (κ1) is 31.6. The molecule has 12 aromatic carbocycles. The summed E-state index contributed by atoms with van der Waals surface area (Å²) in [6, 6.07) is 67.6. The van der Waals surface area contributed by atoms with Gasteiger partial charge in [-0.05, 0) is 170 Å². The van der Waals surface area contributed by atoms with Crippen molar-refractivity contribution >= 4 is 82.2 Å². The maximum Gasteiger partial charge on any atom is 0.0645 e. The van der Waals surface area contributed by atoms with Gasteiger partial charge in [-0.3, -0.25) is 0 Å². The van der Waals surface area contributed by atoms with E-state index in [1.54, 1.807) is 12.1 Å². The van der Waals surface area contributed by atoms with E-state index in [1.165, 1.54) is 15.7 Å². The molecule has 332 valence electrons. The van der Waals surface area contributed by atoms with Crippen LogP contribution in [0.1, 0.15) is 13.7 Å². The third-order valence-corrected chi connectivity index (χ3v) is 13.8. The molecule has 0 fully saturated rings. The van der Waals surface area contributed by atoms with Crippen LogP contribution in [0.5, 0.6) is 0 Å². The fourth-order valence-corrected chi connectivity index (χ4v) is 10.5. The number of hydrogen-bond donors (Lipinski definition) is 0. The SMILES string of the molecule is [2H]c1c([2H])c([2H])c(N(c2ccc(-c3cc(-c4ccc5c(c4)c4ccccc4n5-c4ccc5ccccc5c4)cc(-c4ccc5c(c4)c4ccccc4n5-c4ccc5ccccc5c4)c3)cc2)c2c([2H])c([2H])c([2H])c([2H])c2[2H])c([2H])c1[2H]. The van der Waals surface area contributed by atoms with Gasteiger partial charge in [0.25, 0.3) is 0 Å². The summed E-state index contributed by atoms with van der Waals surface area (Å²) in [5, 5.41) is 9.07. The van der Waals surface area contributed by atoms with Crippen LogP contribution in [-0.2, 0) is 0 Å². The minimum atomic E-state index is -0.628. The summed E-state index contributed by atoms with van der Waals surface area (Å²) in [4.78, 5) is 1.18. The standard InChI is InChI=1S/C68H45N3/c1-3-19-56(20-4-1)69(57-21-5-2-6-22-57)58-33-27-48(28-34-58)53-39-54(51-31-37-67-63(44-51)61-23-11-13-25-65(61)70(67)59-35-29-46-15-7-9-17-49(46)42-59)41-55(40-53)52-32-38-68-64(45-52)62-24-12-14-26-66(62)71(68)60-36-30-47-16-8-10-18-50(47)43-60/h1-45H/i1D,2D,3D,4D,5D,6D,19D,20D,21D,22D. The molecule has 0 aliphatic heterocycles. The van der Waals surface area contributed by atoms with Crippen molar-refractivity contribution in [3.63, 3.8) is 0 Å². The van der Waals surface area contributed by atoms with Gasteiger partial charge in [0.1, 0.15) is 0 Å². The molecule has 0 N–H and O–H groups in total. The van der Waals surface area contributed by atoms with E-state index in [2.05, 4.69) is 197 Å². The van der Waals surface area contributed by atoms with Gasteiger partial charge in [-0.15, -0.1) is 0 Å². The first-order chi connectivity index (χ1) is 39.3. The number of rotatable bonds is 8. The topological polar surface area (TPSA) is 13.1 Å². The van der Waals surface area contributed by atoms with Crippen molar-refractivity contribution in [3.8, 4) is 44.8 Å². The highest BCUT2D eigenvalue weighted by atomic mass is 15.1. The van der Waals surface area contributed by atoms with E-state index in [0.29, 0.717) is 0 Å². The van der Waals surface area contributed by atoms with Gasteiger partial charge < -0.3 is 14.0 Å². The maximum atomic E-state index is 9.01. The molecule has 0 bridgehead atoms. The Morgan fingerprint density at radius 3 is 1.14 bits per heavy atom. The second-order valence-corrected chi connectivity index (χ2v) is 17.9. The van der Waals surface area contributed by atoms with E-state index in [-0.39, 0.29) is 17.1 Å². The molecule has 0 atom stereocenters. The second kappa shape index (κ2) is 16.7. The summed E-state index contributed by atoms with van der Waals surface area (Å²) >= 11 is 0. The minimum Gasteiger partial charge on any atom is -0.311 e. The Balaban J connectivity index is 0.962. The number of benzene rings is 12. The molecular weight excluding hydrogens is 859 g/mol. The highest BCUT2D eigenvalue weighted by Gasteiger charge is 2.18. The molecular formula is C68H45N3. The monoisotopic (exact) mass is 913 g/mol. The van der Waals surface area contributed by atoms with E-state index in [4.69, 9.17) is 13.7 Å². The van der Waals surface area contributed by atoms with Gasteiger partial charge in [0.2, 0.25) is 0 Å². The van der Waals surface area contributed by atoms with E-state index >= 15 is 0 Å². The van der Waals surface area contributed by atoms with Gasteiger partial charge in [0, 0.05) is 50.0 Å². The molecule has 0 saturated carbocycles. The number of anilines is 3. The number of para-hydroxylation sites is 4. The van der Waals surface area contributed by atoms with E-state index in [1.807, 2.05) is 12.1 Å².